The Morgan fingerprint density at radius 1 is 1.11 bits per heavy atom. The van der Waals surface area contributed by atoms with E-state index in [-0.39, 0.29) is 12.0 Å². The molecule has 1 atom stereocenters. The summed E-state index contributed by atoms with van der Waals surface area (Å²) in [5, 5.41) is 9.52. The van der Waals surface area contributed by atoms with E-state index in [0.717, 1.165) is 50.6 Å². The minimum Gasteiger partial charge on any atom is -0.392 e. The van der Waals surface area contributed by atoms with Crippen molar-refractivity contribution in [2.75, 3.05) is 49.1 Å². The van der Waals surface area contributed by atoms with Gasteiger partial charge in [0, 0.05) is 51.2 Å². The maximum Gasteiger partial charge on any atom is 0.259 e. The van der Waals surface area contributed by atoms with Gasteiger partial charge in [-0.05, 0) is 37.1 Å². The summed E-state index contributed by atoms with van der Waals surface area (Å²) in [5.41, 5.74) is 2.87. The van der Waals surface area contributed by atoms with Crippen LogP contribution in [0.2, 0.25) is 0 Å². The average molecular weight is 366 g/mol. The third-order valence-corrected chi connectivity index (χ3v) is 5.35. The molecule has 1 N–H and O–H groups in total. The summed E-state index contributed by atoms with van der Waals surface area (Å²) >= 11 is 0. The van der Waals surface area contributed by atoms with Gasteiger partial charge in [-0.25, -0.2) is 4.98 Å². The molecular weight excluding hydrogens is 340 g/mol. The van der Waals surface area contributed by atoms with Crippen LogP contribution in [-0.2, 0) is 6.42 Å². The van der Waals surface area contributed by atoms with Crippen LogP contribution in [0.25, 0.3) is 0 Å². The summed E-state index contributed by atoms with van der Waals surface area (Å²) in [7, 11) is 0. The van der Waals surface area contributed by atoms with Gasteiger partial charge in [-0.2, -0.15) is 0 Å². The fraction of sp³-hybridized carbons (Fsp3) is 0.429. The van der Waals surface area contributed by atoms with Gasteiger partial charge in [-0.3, -0.25) is 9.69 Å². The van der Waals surface area contributed by atoms with E-state index in [0.29, 0.717) is 12.1 Å². The molecule has 2 aliphatic rings. The normalized spacial score (nSPS) is 18.4. The Kier molecular flexibility index (Phi) is 5.09. The number of rotatable bonds is 4. The Morgan fingerprint density at radius 3 is 2.59 bits per heavy atom. The van der Waals surface area contributed by atoms with Crippen molar-refractivity contribution >= 4 is 17.4 Å². The number of anilines is 2. The number of nitrogens with zero attached hydrogens (tertiary/aromatic N) is 4. The number of aliphatic hydroxyl groups is 1. The Hall–Kier alpha value is -2.44. The van der Waals surface area contributed by atoms with Crippen molar-refractivity contribution in [3.05, 3.63) is 53.7 Å². The SMILES string of the molecule is C[C@@H](O)CN1CCN(c2ccc(C(=O)N3CCc4ccccc43)cn2)CC1. The van der Waals surface area contributed by atoms with Crippen LogP contribution in [0, 0.1) is 0 Å². The summed E-state index contributed by atoms with van der Waals surface area (Å²) in [6.07, 6.45) is 2.31. The van der Waals surface area contributed by atoms with Crippen molar-refractivity contribution in [1.82, 2.24) is 9.88 Å². The molecule has 1 amide bonds. The van der Waals surface area contributed by atoms with Crippen LogP contribution < -0.4 is 9.80 Å². The van der Waals surface area contributed by atoms with Crippen molar-refractivity contribution < 1.29 is 9.90 Å². The fourth-order valence-corrected chi connectivity index (χ4v) is 3.94. The number of amides is 1. The fourth-order valence-electron chi connectivity index (χ4n) is 3.94. The van der Waals surface area contributed by atoms with E-state index in [4.69, 9.17) is 0 Å². The second-order valence-electron chi connectivity index (χ2n) is 7.38. The summed E-state index contributed by atoms with van der Waals surface area (Å²) < 4.78 is 0. The second kappa shape index (κ2) is 7.66. The lowest BCUT2D eigenvalue weighted by atomic mass is 10.2. The number of carbonyl (C=O) groups excluding carboxylic acids is 1. The van der Waals surface area contributed by atoms with Crippen LogP contribution in [0.5, 0.6) is 0 Å². The molecule has 1 aromatic heterocycles. The van der Waals surface area contributed by atoms with Gasteiger partial charge in [0.1, 0.15) is 5.82 Å². The van der Waals surface area contributed by atoms with E-state index >= 15 is 0 Å². The smallest absolute Gasteiger partial charge is 0.259 e. The molecule has 1 aromatic carbocycles. The van der Waals surface area contributed by atoms with Crippen LogP contribution in [0.3, 0.4) is 0 Å². The van der Waals surface area contributed by atoms with Crippen LogP contribution in [0.15, 0.2) is 42.6 Å². The Labute approximate surface area is 160 Å². The van der Waals surface area contributed by atoms with Crippen molar-refractivity contribution in [2.45, 2.75) is 19.4 Å². The predicted octanol–water partition coefficient (Wildman–Crippen LogP) is 1.79. The summed E-state index contributed by atoms with van der Waals surface area (Å²) in [4.78, 5) is 23.8. The van der Waals surface area contributed by atoms with Crippen molar-refractivity contribution in [2.24, 2.45) is 0 Å². The molecule has 27 heavy (non-hydrogen) atoms. The number of aliphatic hydroxyl groups excluding tert-OH is 1. The van der Waals surface area contributed by atoms with Gasteiger partial charge < -0.3 is 14.9 Å². The molecule has 0 saturated carbocycles. The van der Waals surface area contributed by atoms with E-state index < -0.39 is 0 Å². The van der Waals surface area contributed by atoms with Crippen molar-refractivity contribution in [3.63, 3.8) is 0 Å². The zero-order valence-electron chi connectivity index (χ0n) is 15.7. The van der Waals surface area contributed by atoms with Gasteiger partial charge >= 0.3 is 0 Å². The van der Waals surface area contributed by atoms with Gasteiger partial charge in [-0.15, -0.1) is 0 Å². The third-order valence-electron chi connectivity index (χ3n) is 5.35. The molecule has 0 radical (unpaired) electrons. The quantitative estimate of drug-likeness (QED) is 0.894. The molecule has 3 heterocycles. The number of aromatic nitrogens is 1. The van der Waals surface area contributed by atoms with Gasteiger partial charge in [-0.1, -0.05) is 18.2 Å². The molecular formula is C21H26N4O2. The Bertz CT molecular complexity index is 798. The van der Waals surface area contributed by atoms with Crippen LogP contribution >= 0.6 is 0 Å². The number of benzene rings is 1. The van der Waals surface area contributed by atoms with E-state index in [1.54, 1.807) is 6.20 Å². The minimum absolute atomic E-state index is 0.0146. The van der Waals surface area contributed by atoms with Crippen LogP contribution in [-0.4, -0.2) is 66.3 Å². The summed E-state index contributed by atoms with van der Waals surface area (Å²) in [6.45, 7) is 6.86. The molecule has 2 aliphatic heterocycles. The number of carbonyl (C=O) groups is 1. The van der Waals surface area contributed by atoms with Crippen molar-refractivity contribution in [1.29, 1.82) is 0 Å². The number of hydrogen-bond donors (Lipinski definition) is 1. The van der Waals surface area contributed by atoms with Gasteiger partial charge in [0.05, 0.1) is 11.7 Å². The summed E-state index contributed by atoms with van der Waals surface area (Å²) in [5.74, 6) is 0.922. The van der Waals surface area contributed by atoms with Crippen molar-refractivity contribution in [3.8, 4) is 0 Å². The zero-order valence-corrected chi connectivity index (χ0v) is 15.7. The number of para-hydroxylation sites is 1. The minimum atomic E-state index is -0.296. The maximum atomic E-state index is 12.9. The first-order chi connectivity index (χ1) is 13.1. The average Bonchev–Trinajstić information content (AvgIpc) is 3.12. The zero-order chi connectivity index (χ0) is 18.8. The molecule has 0 aliphatic carbocycles. The number of pyridine rings is 1. The van der Waals surface area contributed by atoms with Crippen LogP contribution in [0.4, 0.5) is 11.5 Å². The molecule has 4 rings (SSSR count). The molecule has 1 fully saturated rings. The molecule has 2 aromatic rings. The highest BCUT2D eigenvalue weighted by molar-refractivity contribution is 6.07. The molecule has 0 bridgehead atoms. The second-order valence-corrected chi connectivity index (χ2v) is 7.38. The molecule has 6 nitrogen and oxygen atoms in total. The molecule has 1 saturated heterocycles. The third kappa shape index (κ3) is 3.82. The molecule has 142 valence electrons. The summed E-state index contributed by atoms with van der Waals surface area (Å²) in [6, 6.07) is 11.9. The Morgan fingerprint density at radius 2 is 1.89 bits per heavy atom. The predicted molar refractivity (Wildman–Crippen MR) is 106 cm³/mol. The largest absolute Gasteiger partial charge is 0.392 e. The topological polar surface area (TPSA) is 59.9 Å². The molecule has 0 spiro atoms. The molecule has 6 heteroatoms. The lowest BCUT2D eigenvalue weighted by Gasteiger charge is -2.35. The highest BCUT2D eigenvalue weighted by atomic mass is 16.3. The highest BCUT2D eigenvalue weighted by Gasteiger charge is 2.25. The van der Waals surface area contributed by atoms with Gasteiger partial charge in [0.15, 0.2) is 0 Å². The first-order valence-electron chi connectivity index (χ1n) is 9.63. The van der Waals surface area contributed by atoms with E-state index in [1.165, 1.54) is 5.56 Å². The van der Waals surface area contributed by atoms with E-state index in [1.807, 2.05) is 42.2 Å². The number of fused-ring (bicyclic) bond motifs is 1. The Balaban J connectivity index is 1.41. The van der Waals surface area contributed by atoms with Crippen LogP contribution in [0.1, 0.15) is 22.8 Å². The lowest BCUT2D eigenvalue weighted by molar-refractivity contribution is 0.0989. The first-order valence-corrected chi connectivity index (χ1v) is 9.63. The standard InChI is InChI=1S/C21H26N4O2/c1-16(26)15-23-10-12-24(13-11-23)20-7-6-18(14-22-20)21(27)25-9-8-17-4-2-3-5-19(17)25/h2-7,14,16,26H,8-13,15H2,1H3/t16-/m1/s1. The monoisotopic (exact) mass is 366 g/mol. The molecule has 0 unspecified atom stereocenters. The van der Waals surface area contributed by atoms with E-state index in [2.05, 4.69) is 20.9 Å². The van der Waals surface area contributed by atoms with E-state index in [9.17, 15) is 9.90 Å². The number of β-amino-alcohol motifs (C(OH)–C–C–N with tert-alkyl or cyclic N) is 1. The van der Waals surface area contributed by atoms with Gasteiger partial charge in [0.25, 0.3) is 5.91 Å². The lowest BCUT2D eigenvalue weighted by Crippen LogP contribution is -2.48. The van der Waals surface area contributed by atoms with Gasteiger partial charge in [0.2, 0.25) is 0 Å². The number of hydrogen-bond acceptors (Lipinski definition) is 5. The first kappa shape index (κ1) is 17.9. The highest BCUT2D eigenvalue weighted by Crippen LogP contribution is 2.29. The maximum absolute atomic E-state index is 12.9. The number of piperazine rings is 1.